The van der Waals surface area contributed by atoms with Gasteiger partial charge in [-0.3, -0.25) is 19.8 Å². The number of nitro groups is 1. The van der Waals surface area contributed by atoms with Crippen LogP contribution in [0.15, 0.2) is 45.7 Å². The normalized spacial score (nSPS) is 15.7. The molecule has 8 nitrogen and oxygen atoms in total. The molecule has 2 heterocycles. The molecule has 26 heavy (non-hydrogen) atoms. The smallest absolute Gasteiger partial charge is 0.269 e. The van der Waals surface area contributed by atoms with E-state index in [4.69, 9.17) is 16.6 Å². The lowest BCUT2D eigenvalue weighted by atomic mass is 10.1. The Morgan fingerprint density at radius 3 is 2.58 bits per heavy atom. The number of hydrogen-bond donors (Lipinski definition) is 0. The fraction of sp³-hybridized carbons (Fsp3) is 0.0625. The van der Waals surface area contributed by atoms with Gasteiger partial charge >= 0.3 is 0 Å². The van der Waals surface area contributed by atoms with E-state index in [9.17, 15) is 24.8 Å². The Morgan fingerprint density at radius 1 is 1.27 bits per heavy atom. The van der Waals surface area contributed by atoms with Gasteiger partial charge in [0, 0.05) is 23.8 Å². The molecule has 1 saturated heterocycles. The van der Waals surface area contributed by atoms with Gasteiger partial charge in [0.1, 0.15) is 15.8 Å². The second kappa shape index (κ2) is 7.10. The lowest BCUT2D eigenvalue weighted by Gasteiger charge is -2.14. The monoisotopic (exact) mass is 389 g/mol. The number of nitrogens with zero attached hydrogens (tertiary/aromatic N) is 2. The zero-order valence-electron chi connectivity index (χ0n) is 12.9. The highest BCUT2D eigenvalue weighted by molar-refractivity contribution is 8.26. The SMILES string of the molecule is O=C([O-])CN1C(=O)/C(=C\c2ccc(-c3ccc([N+](=O)[O-])cc3)o2)SC1=S. The van der Waals surface area contributed by atoms with Crippen LogP contribution < -0.4 is 5.11 Å². The summed E-state index contributed by atoms with van der Waals surface area (Å²) in [4.78, 5) is 34.2. The van der Waals surface area contributed by atoms with Gasteiger partial charge in [0.05, 0.1) is 22.3 Å². The van der Waals surface area contributed by atoms with Crippen molar-refractivity contribution in [1.82, 2.24) is 4.90 Å². The van der Waals surface area contributed by atoms with Crippen LogP contribution in [0.4, 0.5) is 5.69 Å². The van der Waals surface area contributed by atoms with Crippen LogP contribution in [0.5, 0.6) is 0 Å². The molecule has 1 aliphatic rings. The number of benzene rings is 1. The second-order valence-corrected chi connectivity index (χ2v) is 6.82. The first-order valence-electron chi connectivity index (χ1n) is 7.15. The predicted octanol–water partition coefficient (Wildman–Crippen LogP) is 1.81. The molecule has 0 saturated carbocycles. The highest BCUT2D eigenvalue weighted by atomic mass is 32.2. The average molecular weight is 389 g/mol. The van der Waals surface area contributed by atoms with E-state index in [0.717, 1.165) is 16.7 Å². The Kier molecular flexibility index (Phi) is 4.87. The maximum Gasteiger partial charge on any atom is 0.269 e. The van der Waals surface area contributed by atoms with E-state index in [2.05, 4.69) is 0 Å². The van der Waals surface area contributed by atoms with Crippen molar-refractivity contribution in [2.24, 2.45) is 0 Å². The molecule has 2 aromatic rings. The molecule has 1 amide bonds. The Morgan fingerprint density at radius 2 is 1.96 bits per heavy atom. The summed E-state index contributed by atoms with van der Waals surface area (Å²) in [6.45, 7) is -0.603. The average Bonchev–Trinajstić information content (AvgIpc) is 3.15. The maximum absolute atomic E-state index is 12.2. The van der Waals surface area contributed by atoms with E-state index < -0.39 is 23.3 Å². The van der Waals surface area contributed by atoms with Crippen LogP contribution in [0, 0.1) is 10.1 Å². The number of carboxylic acids is 1. The van der Waals surface area contributed by atoms with E-state index in [1.165, 1.54) is 18.2 Å². The highest BCUT2D eigenvalue weighted by Gasteiger charge is 2.32. The zero-order chi connectivity index (χ0) is 18.8. The standard InChI is InChI=1S/C16H10N2O6S2/c19-14(20)8-17-15(21)13(26-16(17)25)7-11-5-6-12(24-11)9-1-3-10(4-2-9)18(22)23/h1-7H,8H2,(H,19,20)/p-1/b13-7+. The van der Waals surface area contributed by atoms with Crippen molar-refractivity contribution in [3.8, 4) is 11.3 Å². The molecule has 0 spiro atoms. The summed E-state index contributed by atoms with van der Waals surface area (Å²) >= 11 is 5.97. The van der Waals surface area contributed by atoms with Crippen molar-refractivity contribution < 1.29 is 24.0 Å². The van der Waals surface area contributed by atoms with E-state index >= 15 is 0 Å². The van der Waals surface area contributed by atoms with Gasteiger partial charge in [-0.1, -0.05) is 24.0 Å². The molecule has 1 aliphatic heterocycles. The Bertz CT molecular complexity index is 948. The number of thioether (sulfide) groups is 1. The van der Waals surface area contributed by atoms with Crippen molar-refractivity contribution in [3.05, 3.63) is 57.2 Å². The van der Waals surface area contributed by atoms with Gasteiger partial charge in [-0.25, -0.2) is 0 Å². The molecule has 0 radical (unpaired) electrons. The molecule has 0 unspecified atom stereocenters. The van der Waals surface area contributed by atoms with Gasteiger partial charge in [-0.15, -0.1) is 0 Å². The first-order chi connectivity index (χ1) is 12.3. The first kappa shape index (κ1) is 17.8. The van der Waals surface area contributed by atoms with Gasteiger partial charge in [0.2, 0.25) is 0 Å². The molecule has 1 fully saturated rings. The Balaban J connectivity index is 1.81. The van der Waals surface area contributed by atoms with Crippen molar-refractivity contribution in [3.63, 3.8) is 0 Å². The maximum atomic E-state index is 12.2. The molecule has 0 aliphatic carbocycles. The Labute approximate surface area is 156 Å². The van der Waals surface area contributed by atoms with Gasteiger partial charge in [-0.05, 0) is 24.3 Å². The van der Waals surface area contributed by atoms with Crippen molar-refractivity contribution in [1.29, 1.82) is 0 Å². The molecule has 132 valence electrons. The van der Waals surface area contributed by atoms with Gasteiger partial charge in [-0.2, -0.15) is 0 Å². The van der Waals surface area contributed by atoms with E-state index in [-0.39, 0.29) is 14.9 Å². The number of non-ortho nitro benzene ring substituents is 1. The van der Waals surface area contributed by atoms with E-state index in [1.54, 1.807) is 24.3 Å². The van der Waals surface area contributed by atoms with Gasteiger partial charge < -0.3 is 14.3 Å². The minimum atomic E-state index is -1.40. The van der Waals surface area contributed by atoms with E-state index in [1.807, 2.05) is 0 Å². The van der Waals surface area contributed by atoms with Crippen molar-refractivity contribution in [2.75, 3.05) is 6.54 Å². The number of carbonyl (C=O) groups excluding carboxylic acids is 2. The van der Waals surface area contributed by atoms with Crippen molar-refractivity contribution >= 4 is 51.9 Å². The minimum Gasteiger partial charge on any atom is -0.548 e. The summed E-state index contributed by atoms with van der Waals surface area (Å²) in [6.07, 6.45) is 1.46. The first-order valence-corrected chi connectivity index (χ1v) is 8.37. The summed E-state index contributed by atoms with van der Waals surface area (Å²) < 4.78 is 5.76. The summed E-state index contributed by atoms with van der Waals surface area (Å²) in [7, 11) is 0. The number of thiocarbonyl (C=S) groups is 1. The minimum absolute atomic E-state index is 0.0304. The highest BCUT2D eigenvalue weighted by Crippen LogP contribution is 2.33. The number of rotatable bonds is 5. The lowest BCUT2D eigenvalue weighted by Crippen LogP contribution is -2.40. The summed E-state index contributed by atoms with van der Waals surface area (Å²) in [5.41, 5.74) is 0.608. The predicted molar refractivity (Wildman–Crippen MR) is 95.7 cm³/mol. The van der Waals surface area contributed by atoms with Crippen LogP contribution in [0.2, 0.25) is 0 Å². The van der Waals surface area contributed by atoms with Crippen LogP contribution in [0.3, 0.4) is 0 Å². The quantitative estimate of drug-likeness (QED) is 0.329. The molecular formula is C16H9N2O6S2-. The molecule has 10 heteroatoms. The van der Waals surface area contributed by atoms with E-state index in [0.29, 0.717) is 17.1 Å². The second-order valence-electron chi connectivity index (χ2n) is 5.15. The van der Waals surface area contributed by atoms with Crippen LogP contribution in [-0.2, 0) is 9.59 Å². The fourth-order valence-electron chi connectivity index (χ4n) is 2.23. The summed E-state index contributed by atoms with van der Waals surface area (Å²) in [5.74, 6) is -1.10. The third-order valence-corrected chi connectivity index (χ3v) is 4.80. The molecule has 1 aromatic carbocycles. The lowest BCUT2D eigenvalue weighted by molar-refractivity contribution is -0.384. The van der Waals surface area contributed by atoms with Crippen molar-refractivity contribution in [2.45, 2.75) is 0 Å². The number of nitro benzene ring substituents is 1. The number of aliphatic carboxylic acids is 1. The number of hydrogen-bond acceptors (Lipinski definition) is 8. The van der Waals surface area contributed by atoms with Crippen LogP contribution in [0.25, 0.3) is 17.4 Å². The number of furan rings is 1. The molecular weight excluding hydrogens is 380 g/mol. The molecule has 0 bridgehead atoms. The third-order valence-electron chi connectivity index (χ3n) is 3.42. The molecule has 0 N–H and O–H groups in total. The van der Waals surface area contributed by atoms with Gasteiger partial charge in [0.15, 0.2) is 0 Å². The summed E-state index contributed by atoms with van der Waals surface area (Å²) in [6, 6.07) is 9.13. The third kappa shape index (κ3) is 3.65. The number of amides is 1. The topological polar surface area (TPSA) is 117 Å². The number of carbonyl (C=O) groups is 2. The van der Waals surface area contributed by atoms with Crippen LogP contribution >= 0.6 is 24.0 Å². The van der Waals surface area contributed by atoms with Crippen LogP contribution in [0.1, 0.15) is 5.76 Å². The zero-order valence-corrected chi connectivity index (χ0v) is 14.5. The largest absolute Gasteiger partial charge is 0.548 e. The van der Waals surface area contributed by atoms with Gasteiger partial charge in [0.25, 0.3) is 11.6 Å². The molecule has 0 atom stereocenters. The Hall–Kier alpha value is -2.98. The fourth-order valence-corrected chi connectivity index (χ4v) is 3.46. The van der Waals surface area contributed by atoms with Crippen LogP contribution in [-0.4, -0.2) is 32.6 Å². The molecule has 3 rings (SSSR count). The summed E-state index contributed by atoms with van der Waals surface area (Å²) in [5, 5.41) is 21.4. The molecule has 1 aromatic heterocycles. The number of carboxylic acid groups (broad SMARTS) is 1.